The molecule has 0 radical (unpaired) electrons. The molecule has 0 heterocycles. The molecular weight excluding hydrogens is 306 g/mol. The highest BCUT2D eigenvalue weighted by Crippen LogP contribution is 2.24. The first-order valence-electron chi connectivity index (χ1n) is 6.92. The second kappa shape index (κ2) is 8.77. The summed E-state index contributed by atoms with van der Waals surface area (Å²) in [6.07, 6.45) is -1.95. The van der Waals surface area contributed by atoms with E-state index in [1.165, 1.54) is 19.1 Å². The van der Waals surface area contributed by atoms with Crippen LogP contribution in [0.25, 0.3) is 0 Å². The number of carbonyl (C=O) groups is 2. The van der Waals surface area contributed by atoms with Crippen molar-refractivity contribution < 1.29 is 24.5 Å². The Bertz CT molecular complexity index is 535. The number of aliphatic hydroxyl groups excluding tert-OH is 2. The fraction of sp³-hybridized carbons (Fsp3) is 0.467. The number of hydrogen-bond donors (Lipinski definition) is 3. The van der Waals surface area contributed by atoms with Crippen LogP contribution in [0.2, 0.25) is 0 Å². The normalized spacial score (nSPS) is 13.5. The van der Waals surface area contributed by atoms with E-state index in [2.05, 4.69) is 0 Å². The maximum atomic E-state index is 11.8. The number of hydrogen-bond acceptors (Lipinski definition) is 7. The van der Waals surface area contributed by atoms with Gasteiger partial charge in [0.2, 0.25) is 0 Å². The first-order chi connectivity index (χ1) is 10.4. The number of aliphatic hydroxyl groups is 2. The quantitative estimate of drug-likeness (QED) is 0.514. The molecule has 0 bridgehead atoms. The fourth-order valence-corrected chi connectivity index (χ4v) is 2.49. The maximum Gasteiger partial charge on any atom is 0.340 e. The van der Waals surface area contributed by atoms with Crippen LogP contribution in [-0.4, -0.2) is 39.8 Å². The molecule has 7 heteroatoms. The van der Waals surface area contributed by atoms with E-state index in [9.17, 15) is 19.8 Å². The van der Waals surface area contributed by atoms with Crippen LogP contribution in [0.15, 0.2) is 18.2 Å². The van der Waals surface area contributed by atoms with Crippen LogP contribution in [0.4, 0.5) is 5.69 Å². The summed E-state index contributed by atoms with van der Waals surface area (Å²) in [6.45, 7) is 3.35. The number of benzene rings is 1. The summed E-state index contributed by atoms with van der Waals surface area (Å²) < 4.78 is 4.89. The Morgan fingerprint density at radius 2 is 2.05 bits per heavy atom. The molecule has 0 amide bonds. The molecule has 0 aliphatic carbocycles. The van der Waals surface area contributed by atoms with Gasteiger partial charge in [-0.1, -0.05) is 17.8 Å². The lowest BCUT2D eigenvalue weighted by atomic mass is 9.99. The van der Waals surface area contributed by atoms with Gasteiger partial charge in [-0.2, -0.15) is 0 Å². The molecule has 1 rings (SSSR count). The highest BCUT2D eigenvalue weighted by Gasteiger charge is 2.21. The van der Waals surface area contributed by atoms with Crippen LogP contribution in [0.3, 0.4) is 0 Å². The van der Waals surface area contributed by atoms with Gasteiger partial charge in [0.1, 0.15) is 6.10 Å². The fourth-order valence-electron chi connectivity index (χ4n) is 1.85. The van der Waals surface area contributed by atoms with Crippen molar-refractivity contribution in [1.29, 1.82) is 0 Å². The molecule has 0 spiro atoms. The molecule has 0 aliphatic heterocycles. The molecule has 0 fully saturated rings. The Balaban J connectivity index is 2.80. The topological polar surface area (TPSA) is 110 Å². The molecule has 4 N–H and O–H groups in total. The Labute approximate surface area is 133 Å². The minimum atomic E-state index is -1.17. The number of ether oxygens (including phenoxy) is 1. The number of thioether (sulfide) groups is 1. The predicted molar refractivity (Wildman–Crippen MR) is 85.5 cm³/mol. The van der Waals surface area contributed by atoms with Crippen LogP contribution in [0.5, 0.6) is 0 Å². The van der Waals surface area contributed by atoms with Crippen molar-refractivity contribution >= 4 is 28.5 Å². The first kappa shape index (κ1) is 18.5. The van der Waals surface area contributed by atoms with Gasteiger partial charge >= 0.3 is 5.97 Å². The van der Waals surface area contributed by atoms with Crippen LogP contribution < -0.4 is 5.73 Å². The summed E-state index contributed by atoms with van der Waals surface area (Å²) in [5, 5.41) is 20.1. The van der Waals surface area contributed by atoms with Crippen molar-refractivity contribution in [2.75, 3.05) is 18.1 Å². The van der Waals surface area contributed by atoms with Crippen molar-refractivity contribution in [1.82, 2.24) is 0 Å². The standard InChI is InChI=1S/C15H21NO5S/c1-3-21-15(20)11-8-10(4-5-12(11)16)14(19)13(18)6-7-22-9(2)17/h4-5,8,13-14,18-19H,3,6-7,16H2,1-2H3. The second-order valence-electron chi connectivity index (χ2n) is 4.71. The summed E-state index contributed by atoms with van der Waals surface area (Å²) in [5.41, 5.74) is 6.50. The lowest BCUT2D eigenvalue weighted by Crippen LogP contribution is -2.20. The van der Waals surface area contributed by atoms with E-state index >= 15 is 0 Å². The highest BCUT2D eigenvalue weighted by molar-refractivity contribution is 8.13. The maximum absolute atomic E-state index is 11.8. The van der Waals surface area contributed by atoms with E-state index in [0.29, 0.717) is 11.3 Å². The third kappa shape index (κ3) is 5.32. The van der Waals surface area contributed by atoms with Gasteiger partial charge in [-0.25, -0.2) is 4.79 Å². The SMILES string of the molecule is CCOC(=O)c1cc(C(O)C(O)CCSC(C)=O)ccc1N. The van der Waals surface area contributed by atoms with Crippen LogP contribution in [0.1, 0.15) is 42.3 Å². The summed E-state index contributed by atoms with van der Waals surface area (Å²) in [4.78, 5) is 22.6. The van der Waals surface area contributed by atoms with Crippen molar-refractivity contribution in [3.63, 3.8) is 0 Å². The number of carbonyl (C=O) groups excluding carboxylic acids is 2. The van der Waals surface area contributed by atoms with E-state index in [1.54, 1.807) is 13.0 Å². The highest BCUT2D eigenvalue weighted by atomic mass is 32.2. The third-order valence-electron chi connectivity index (χ3n) is 3.00. The Morgan fingerprint density at radius 1 is 1.36 bits per heavy atom. The molecule has 0 saturated carbocycles. The van der Waals surface area contributed by atoms with Crippen molar-refractivity contribution in [2.24, 2.45) is 0 Å². The lowest BCUT2D eigenvalue weighted by molar-refractivity contribution is -0.109. The van der Waals surface area contributed by atoms with E-state index in [4.69, 9.17) is 10.5 Å². The number of nitrogens with two attached hydrogens (primary N) is 1. The molecule has 1 aromatic carbocycles. The van der Waals surface area contributed by atoms with Crippen LogP contribution in [-0.2, 0) is 9.53 Å². The zero-order valence-electron chi connectivity index (χ0n) is 12.6. The molecule has 0 saturated heterocycles. The monoisotopic (exact) mass is 327 g/mol. The predicted octanol–water partition coefficient (Wildman–Crippen LogP) is 1.51. The van der Waals surface area contributed by atoms with Gasteiger partial charge in [0.05, 0.1) is 18.3 Å². The van der Waals surface area contributed by atoms with Crippen molar-refractivity contribution in [3.05, 3.63) is 29.3 Å². The Kier molecular flexibility index (Phi) is 7.37. The first-order valence-corrected chi connectivity index (χ1v) is 7.91. The third-order valence-corrected chi connectivity index (χ3v) is 3.84. The van der Waals surface area contributed by atoms with E-state index in [1.807, 2.05) is 0 Å². The van der Waals surface area contributed by atoms with E-state index in [0.717, 1.165) is 11.8 Å². The molecule has 6 nitrogen and oxygen atoms in total. The minimum absolute atomic E-state index is 0.0428. The van der Waals surface area contributed by atoms with Crippen molar-refractivity contribution in [2.45, 2.75) is 32.5 Å². The molecule has 2 atom stereocenters. The number of rotatable bonds is 7. The number of nitrogen functional groups attached to an aromatic ring is 1. The molecule has 0 aliphatic rings. The van der Waals surface area contributed by atoms with E-state index in [-0.39, 0.29) is 29.4 Å². The van der Waals surface area contributed by atoms with Gasteiger partial charge in [-0.3, -0.25) is 4.79 Å². The van der Waals surface area contributed by atoms with Gasteiger partial charge in [0, 0.05) is 18.4 Å². The average Bonchev–Trinajstić information content (AvgIpc) is 2.46. The second-order valence-corrected chi connectivity index (χ2v) is 5.98. The molecule has 1 aromatic rings. The summed E-state index contributed by atoms with van der Waals surface area (Å²) in [7, 11) is 0. The number of anilines is 1. The largest absolute Gasteiger partial charge is 0.462 e. The lowest BCUT2D eigenvalue weighted by Gasteiger charge is -2.19. The van der Waals surface area contributed by atoms with Crippen molar-refractivity contribution in [3.8, 4) is 0 Å². The molecule has 122 valence electrons. The van der Waals surface area contributed by atoms with Crippen LogP contribution >= 0.6 is 11.8 Å². The zero-order chi connectivity index (χ0) is 16.7. The Morgan fingerprint density at radius 3 is 2.64 bits per heavy atom. The smallest absolute Gasteiger partial charge is 0.340 e. The van der Waals surface area contributed by atoms with Gasteiger partial charge in [0.15, 0.2) is 5.12 Å². The summed E-state index contributed by atoms with van der Waals surface area (Å²) in [6, 6.07) is 4.45. The molecule has 2 unspecified atom stereocenters. The average molecular weight is 327 g/mol. The Hall–Kier alpha value is -1.57. The van der Waals surface area contributed by atoms with Gasteiger partial charge in [-0.15, -0.1) is 0 Å². The van der Waals surface area contributed by atoms with Gasteiger partial charge in [0.25, 0.3) is 0 Å². The molecule has 0 aromatic heterocycles. The summed E-state index contributed by atoms with van der Waals surface area (Å²) in [5.74, 6) is -0.163. The van der Waals surface area contributed by atoms with E-state index < -0.39 is 18.2 Å². The molecular formula is C15H21NO5S. The number of esters is 1. The van der Waals surface area contributed by atoms with Gasteiger partial charge in [-0.05, 0) is 31.0 Å². The zero-order valence-corrected chi connectivity index (χ0v) is 13.4. The van der Waals surface area contributed by atoms with Gasteiger partial charge < -0.3 is 20.7 Å². The minimum Gasteiger partial charge on any atom is -0.462 e. The summed E-state index contributed by atoms with van der Waals surface area (Å²) >= 11 is 1.09. The molecule has 22 heavy (non-hydrogen) atoms. The van der Waals surface area contributed by atoms with Crippen LogP contribution in [0, 0.1) is 0 Å².